The molecule has 0 bridgehead atoms. The van der Waals surface area contributed by atoms with Crippen LogP contribution in [0.2, 0.25) is 0 Å². The zero-order chi connectivity index (χ0) is 12.5. The van der Waals surface area contributed by atoms with Crippen molar-refractivity contribution < 1.29 is 13.9 Å². The fraction of sp³-hybridized carbons (Fsp3) is 0.500. The minimum atomic E-state index is -0.512. The van der Waals surface area contributed by atoms with Crippen LogP contribution in [0.15, 0.2) is 22.7 Å². The van der Waals surface area contributed by atoms with Gasteiger partial charge in [0, 0.05) is 5.69 Å². The molecule has 17 heavy (non-hydrogen) atoms. The van der Waals surface area contributed by atoms with Crippen LogP contribution in [0.1, 0.15) is 13.8 Å². The molecule has 0 amide bonds. The lowest BCUT2D eigenvalue weighted by atomic mass is 10.2. The Balaban J connectivity index is 1.95. The Hall–Kier alpha value is -0.650. The van der Waals surface area contributed by atoms with Gasteiger partial charge in [-0.05, 0) is 48.0 Å². The van der Waals surface area contributed by atoms with Crippen molar-refractivity contribution in [2.24, 2.45) is 0 Å². The second kappa shape index (κ2) is 4.92. The highest BCUT2D eigenvalue weighted by atomic mass is 79.9. The average Bonchev–Trinajstić information content (AvgIpc) is 2.27. The van der Waals surface area contributed by atoms with Gasteiger partial charge in [0.25, 0.3) is 0 Å². The molecule has 1 aliphatic rings. The smallest absolute Gasteiger partial charge is 0.162 e. The van der Waals surface area contributed by atoms with E-state index in [-0.39, 0.29) is 11.9 Å². The first-order chi connectivity index (χ1) is 7.96. The molecule has 94 valence electrons. The van der Waals surface area contributed by atoms with Crippen molar-refractivity contribution in [3.63, 3.8) is 0 Å². The van der Waals surface area contributed by atoms with Crippen LogP contribution in [-0.4, -0.2) is 25.0 Å². The van der Waals surface area contributed by atoms with Crippen LogP contribution < -0.4 is 5.32 Å². The Bertz CT molecular complexity index is 401. The Morgan fingerprint density at radius 2 is 2.00 bits per heavy atom. The predicted octanol–water partition coefficient (Wildman–Crippen LogP) is 3.15. The maximum atomic E-state index is 13.1. The molecule has 1 saturated heterocycles. The first kappa shape index (κ1) is 12.8. The monoisotopic (exact) mass is 303 g/mol. The molecule has 0 atom stereocenters. The molecule has 1 aromatic rings. The normalized spacial score (nSPS) is 20.2. The molecule has 5 heteroatoms. The van der Waals surface area contributed by atoms with Crippen LogP contribution in [0.25, 0.3) is 0 Å². The summed E-state index contributed by atoms with van der Waals surface area (Å²) in [5.74, 6) is -0.783. The number of halogens is 2. The lowest BCUT2D eigenvalue weighted by molar-refractivity contribution is -0.247. The Labute approximate surface area is 108 Å². The van der Waals surface area contributed by atoms with Crippen molar-refractivity contribution in [2.45, 2.75) is 25.7 Å². The van der Waals surface area contributed by atoms with E-state index in [1.54, 1.807) is 12.1 Å². The molecule has 1 N–H and O–H groups in total. The molecule has 0 radical (unpaired) electrons. The Kier molecular flexibility index (Phi) is 3.70. The number of hydrogen-bond acceptors (Lipinski definition) is 3. The first-order valence-electron chi connectivity index (χ1n) is 5.46. The molecular formula is C12H15BrFNO2. The van der Waals surface area contributed by atoms with Gasteiger partial charge in [-0.2, -0.15) is 0 Å². The van der Waals surface area contributed by atoms with Gasteiger partial charge in [0.1, 0.15) is 5.82 Å². The number of hydrogen-bond donors (Lipinski definition) is 1. The van der Waals surface area contributed by atoms with Gasteiger partial charge in [-0.25, -0.2) is 4.39 Å². The van der Waals surface area contributed by atoms with Crippen LogP contribution in [0.4, 0.5) is 10.1 Å². The summed E-state index contributed by atoms with van der Waals surface area (Å²) in [6, 6.07) is 4.90. The quantitative estimate of drug-likeness (QED) is 0.910. The Morgan fingerprint density at radius 3 is 2.59 bits per heavy atom. The summed E-state index contributed by atoms with van der Waals surface area (Å²) in [6.45, 7) is 4.92. The number of benzene rings is 1. The largest absolute Gasteiger partial charge is 0.378 e. The van der Waals surface area contributed by atoms with Crippen LogP contribution in [-0.2, 0) is 9.47 Å². The molecule has 0 unspecified atom stereocenters. The van der Waals surface area contributed by atoms with E-state index in [0.29, 0.717) is 17.7 Å². The van der Waals surface area contributed by atoms with Gasteiger partial charge in [-0.15, -0.1) is 0 Å². The first-order valence-corrected chi connectivity index (χ1v) is 6.25. The SMILES string of the molecule is CC1(C)OCC(Nc2ccc(F)c(Br)c2)CO1. The highest BCUT2D eigenvalue weighted by Gasteiger charge is 2.28. The Morgan fingerprint density at radius 1 is 1.35 bits per heavy atom. The molecule has 1 heterocycles. The van der Waals surface area contributed by atoms with Crippen LogP contribution in [0, 0.1) is 5.82 Å². The number of rotatable bonds is 2. The molecular weight excluding hydrogens is 289 g/mol. The van der Waals surface area contributed by atoms with E-state index in [4.69, 9.17) is 9.47 Å². The molecule has 0 saturated carbocycles. The summed E-state index contributed by atoms with van der Waals surface area (Å²) in [5, 5.41) is 3.24. The van der Waals surface area contributed by atoms with Crippen molar-refractivity contribution in [3.8, 4) is 0 Å². The van der Waals surface area contributed by atoms with Crippen LogP contribution in [0.3, 0.4) is 0 Å². The van der Waals surface area contributed by atoms with Crippen molar-refractivity contribution in [1.29, 1.82) is 0 Å². The lowest BCUT2D eigenvalue weighted by Gasteiger charge is -2.35. The highest BCUT2D eigenvalue weighted by Crippen LogP contribution is 2.23. The third-order valence-electron chi connectivity index (χ3n) is 2.55. The standard InChI is InChI=1S/C12H15BrFNO2/c1-12(2)16-6-9(7-17-12)15-8-3-4-11(14)10(13)5-8/h3-5,9,15H,6-7H2,1-2H3. The van der Waals surface area contributed by atoms with E-state index in [1.807, 2.05) is 13.8 Å². The fourth-order valence-corrected chi connectivity index (χ4v) is 1.98. The van der Waals surface area contributed by atoms with Gasteiger partial charge in [-0.1, -0.05) is 0 Å². The molecule has 0 aliphatic carbocycles. The van der Waals surface area contributed by atoms with Crippen molar-refractivity contribution in [3.05, 3.63) is 28.5 Å². The van der Waals surface area contributed by atoms with Crippen molar-refractivity contribution >= 4 is 21.6 Å². The zero-order valence-corrected chi connectivity index (χ0v) is 11.4. The van der Waals surface area contributed by atoms with E-state index in [9.17, 15) is 4.39 Å². The summed E-state index contributed by atoms with van der Waals surface area (Å²) < 4.78 is 24.6. The van der Waals surface area contributed by atoms with Crippen LogP contribution in [0.5, 0.6) is 0 Å². The zero-order valence-electron chi connectivity index (χ0n) is 9.80. The minimum Gasteiger partial charge on any atom is -0.378 e. The minimum absolute atomic E-state index is 0.0837. The molecule has 0 spiro atoms. The fourth-order valence-electron chi connectivity index (χ4n) is 1.60. The number of anilines is 1. The number of nitrogens with one attached hydrogen (secondary N) is 1. The van der Waals surface area contributed by atoms with Crippen molar-refractivity contribution in [1.82, 2.24) is 0 Å². The molecule has 3 nitrogen and oxygen atoms in total. The molecule has 2 rings (SSSR count). The third kappa shape index (κ3) is 3.40. The van der Waals surface area contributed by atoms with Gasteiger partial charge in [0.2, 0.25) is 0 Å². The molecule has 1 fully saturated rings. The summed E-state index contributed by atoms with van der Waals surface area (Å²) in [7, 11) is 0. The lowest BCUT2D eigenvalue weighted by Crippen LogP contribution is -2.45. The summed E-state index contributed by atoms with van der Waals surface area (Å²) in [6.07, 6.45) is 0. The summed E-state index contributed by atoms with van der Waals surface area (Å²) in [4.78, 5) is 0. The maximum absolute atomic E-state index is 13.1. The topological polar surface area (TPSA) is 30.5 Å². The van der Waals surface area contributed by atoms with E-state index in [1.165, 1.54) is 6.07 Å². The number of ether oxygens (including phenoxy) is 2. The van der Waals surface area contributed by atoms with E-state index in [0.717, 1.165) is 5.69 Å². The highest BCUT2D eigenvalue weighted by molar-refractivity contribution is 9.10. The van der Waals surface area contributed by atoms with Gasteiger partial charge in [0.15, 0.2) is 5.79 Å². The molecule has 0 aromatic heterocycles. The van der Waals surface area contributed by atoms with Gasteiger partial charge >= 0.3 is 0 Å². The molecule has 1 aliphatic heterocycles. The predicted molar refractivity (Wildman–Crippen MR) is 67.5 cm³/mol. The van der Waals surface area contributed by atoms with Gasteiger partial charge in [0.05, 0.1) is 23.7 Å². The average molecular weight is 304 g/mol. The second-order valence-electron chi connectivity index (χ2n) is 4.49. The van der Waals surface area contributed by atoms with E-state index in [2.05, 4.69) is 21.2 Å². The van der Waals surface area contributed by atoms with Crippen LogP contribution >= 0.6 is 15.9 Å². The van der Waals surface area contributed by atoms with Gasteiger partial charge < -0.3 is 14.8 Å². The third-order valence-corrected chi connectivity index (χ3v) is 3.16. The van der Waals surface area contributed by atoms with E-state index >= 15 is 0 Å². The van der Waals surface area contributed by atoms with Crippen molar-refractivity contribution in [2.75, 3.05) is 18.5 Å². The molecule has 1 aromatic carbocycles. The second-order valence-corrected chi connectivity index (χ2v) is 5.35. The summed E-state index contributed by atoms with van der Waals surface area (Å²) >= 11 is 3.15. The maximum Gasteiger partial charge on any atom is 0.162 e. The van der Waals surface area contributed by atoms with Gasteiger partial charge in [-0.3, -0.25) is 0 Å². The van der Waals surface area contributed by atoms with E-state index < -0.39 is 5.79 Å². The summed E-state index contributed by atoms with van der Waals surface area (Å²) in [5.41, 5.74) is 0.843.